The highest BCUT2D eigenvalue weighted by molar-refractivity contribution is 6.04. The topological polar surface area (TPSA) is 9.72 Å². The lowest BCUT2D eigenvalue weighted by atomic mass is 10.2. The summed E-state index contributed by atoms with van der Waals surface area (Å²) in [6.07, 6.45) is 0. The summed E-state index contributed by atoms with van der Waals surface area (Å²) in [4.78, 5) is 7.18. The molecule has 12 heavy (non-hydrogen) atoms. The summed E-state index contributed by atoms with van der Waals surface area (Å²) in [7, 11) is 6.47. The van der Waals surface area contributed by atoms with Gasteiger partial charge in [0, 0.05) is 26.2 Å². The summed E-state index contributed by atoms with van der Waals surface area (Å²) in [5.41, 5.74) is 0. The van der Waals surface area contributed by atoms with Gasteiger partial charge in [-0.2, -0.15) is 0 Å². The van der Waals surface area contributed by atoms with Crippen LogP contribution >= 0.6 is 0 Å². The van der Waals surface area contributed by atoms with Crippen molar-refractivity contribution in [2.45, 2.75) is 0 Å². The Bertz CT molecular complexity index is 121. The molecule has 0 bridgehead atoms. The Morgan fingerprint density at radius 3 is 2.25 bits per heavy atom. The number of hydrogen-bond donors (Lipinski definition) is 0. The molecular weight excluding hydrogens is 149 g/mol. The van der Waals surface area contributed by atoms with E-state index in [1.165, 1.54) is 39.3 Å². The Kier molecular flexibility index (Phi) is 4.05. The van der Waals surface area contributed by atoms with Gasteiger partial charge >= 0.3 is 0 Å². The summed E-state index contributed by atoms with van der Waals surface area (Å²) in [5, 5.41) is 0. The Balaban J connectivity index is 2.09. The van der Waals surface area contributed by atoms with Crippen molar-refractivity contribution >= 4 is 7.98 Å². The fourth-order valence-corrected chi connectivity index (χ4v) is 1.41. The molecule has 0 atom stereocenters. The third kappa shape index (κ3) is 3.56. The third-order valence-electron chi connectivity index (χ3n) is 2.46. The molecule has 0 saturated carbocycles. The highest BCUT2D eigenvalue weighted by atomic mass is 15.2. The molecule has 0 aliphatic carbocycles. The highest BCUT2D eigenvalue weighted by Crippen LogP contribution is 1.97. The standard InChI is InChI=1S/C8H20BN3/c1-10(2)3-4-11-5-7-12(9)8-6-11/h3-9H2,1-2H3. The fourth-order valence-electron chi connectivity index (χ4n) is 1.41. The van der Waals surface area contributed by atoms with Gasteiger partial charge in [-0.25, -0.2) is 0 Å². The summed E-state index contributed by atoms with van der Waals surface area (Å²) < 4.78 is 0. The van der Waals surface area contributed by atoms with Crippen molar-refractivity contribution in [2.75, 3.05) is 53.4 Å². The molecule has 0 aromatic carbocycles. The van der Waals surface area contributed by atoms with Crippen LogP contribution in [0.3, 0.4) is 0 Å². The summed E-state index contributed by atoms with van der Waals surface area (Å²) in [5.74, 6) is 0. The number of nitrogens with zero attached hydrogens (tertiary/aromatic N) is 3. The summed E-state index contributed by atoms with van der Waals surface area (Å²) in [6, 6.07) is 0. The quantitative estimate of drug-likeness (QED) is 0.487. The molecule has 1 rings (SSSR count). The van der Waals surface area contributed by atoms with Crippen LogP contribution in [0.5, 0.6) is 0 Å². The van der Waals surface area contributed by atoms with Crippen LogP contribution in [0.4, 0.5) is 0 Å². The number of piperazine rings is 1. The van der Waals surface area contributed by atoms with E-state index in [-0.39, 0.29) is 0 Å². The van der Waals surface area contributed by atoms with Gasteiger partial charge in [-0.05, 0) is 27.2 Å². The molecule has 0 radical (unpaired) electrons. The molecule has 4 heteroatoms. The van der Waals surface area contributed by atoms with Gasteiger partial charge in [0.2, 0.25) is 0 Å². The van der Waals surface area contributed by atoms with E-state index >= 15 is 0 Å². The zero-order valence-corrected chi connectivity index (χ0v) is 8.58. The largest absolute Gasteiger partial charge is 0.346 e. The van der Waals surface area contributed by atoms with Crippen molar-refractivity contribution in [1.82, 2.24) is 14.6 Å². The molecule has 0 unspecified atom stereocenters. The van der Waals surface area contributed by atoms with Crippen LogP contribution in [-0.2, 0) is 0 Å². The van der Waals surface area contributed by atoms with Crippen molar-refractivity contribution in [3.63, 3.8) is 0 Å². The zero-order valence-electron chi connectivity index (χ0n) is 8.58. The van der Waals surface area contributed by atoms with Crippen LogP contribution in [-0.4, -0.2) is 76.0 Å². The molecule has 70 valence electrons. The average molecular weight is 169 g/mol. The molecule has 1 heterocycles. The van der Waals surface area contributed by atoms with Gasteiger partial charge in [0.05, 0.1) is 0 Å². The molecule has 0 aromatic heterocycles. The van der Waals surface area contributed by atoms with Crippen LogP contribution < -0.4 is 0 Å². The molecule has 1 aliphatic rings. The van der Waals surface area contributed by atoms with Gasteiger partial charge in [-0.1, -0.05) is 0 Å². The van der Waals surface area contributed by atoms with Crippen LogP contribution in [0, 0.1) is 0 Å². The maximum atomic E-state index is 2.54. The van der Waals surface area contributed by atoms with E-state index in [2.05, 4.69) is 36.7 Å². The Labute approximate surface area is 76.7 Å². The van der Waals surface area contributed by atoms with Gasteiger partial charge in [0.15, 0.2) is 7.98 Å². The second-order valence-electron chi connectivity index (χ2n) is 3.95. The molecule has 0 aromatic rings. The first-order valence-corrected chi connectivity index (χ1v) is 4.74. The van der Waals surface area contributed by atoms with Gasteiger partial charge in [-0.3, -0.25) is 4.90 Å². The number of hydrogen-bond acceptors (Lipinski definition) is 3. The van der Waals surface area contributed by atoms with Crippen LogP contribution in [0.1, 0.15) is 0 Å². The Morgan fingerprint density at radius 1 is 1.17 bits per heavy atom. The minimum atomic E-state index is 1.18. The van der Waals surface area contributed by atoms with Gasteiger partial charge in [-0.15, -0.1) is 0 Å². The second-order valence-corrected chi connectivity index (χ2v) is 3.95. The lowest BCUT2D eigenvalue weighted by Gasteiger charge is -2.33. The predicted octanol–water partition coefficient (Wildman–Crippen LogP) is -1.29. The SMILES string of the molecule is BN1CCN(CCN(C)C)CC1. The first kappa shape index (κ1) is 10.0. The average Bonchev–Trinajstić information content (AvgIpc) is 2.03. The zero-order chi connectivity index (χ0) is 8.97. The molecule has 1 fully saturated rings. The van der Waals surface area contributed by atoms with Crippen molar-refractivity contribution in [2.24, 2.45) is 0 Å². The van der Waals surface area contributed by atoms with E-state index in [0.717, 1.165) is 0 Å². The minimum absolute atomic E-state index is 1.18. The van der Waals surface area contributed by atoms with Crippen LogP contribution in [0.25, 0.3) is 0 Å². The lowest BCUT2D eigenvalue weighted by molar-refractivity contribution is 0.177. The van der Waals surface area contributed by atoms with E-state index in [9.17, 15) is 0 Å². The first-order chi connectivity index (χ1) is 5.68. The number of rotatable bonds is 3. The van der Waals surface area contributed by atoms with Crippen molar-refractivity contribution in [3.8, 4) is 0 Å². The third-order valence-corrected chi connectivity index (χ3v) is 2.46. The highest BCUT2D eigenvalue weighted by Gasteiger charge is 2.12. The smallest absolute Gasteiger partial charge is 0.185 e. The van der Waals surface area contributed by atoms with Crippen LogP contribution in [0.15, 0.2) is 0 Å². The molecule has 0 amide bonds. The first-order valence-electron chi connectivity index (χ1n) is 4.74. The van der Waals surface area contributed by atoms with Crippen molar-refractivity contribution < 1.29 is 0 Å². The molecule has 0 spiro atoms. The van der Waals surface area contributed by atoms with E-state index in [1.54, 1.807) is 0 Å². The Hall–Kier alpha value is -0.0551. The maximum Gasteiger partial charge on any atom is 0.185 e. The van der Waals surface area contributed by atoms with E-state index in [4.69, 9.17) is 0 Å². The monoisotopic (exact) mass is 169 g/mol. The van der Waals surface area contributed by atoms with Gasteiger partial charge < -0.3 is 9.71 Å². The second kappa shape index (κ2) is 4.85. The molecule has 1 aliphatic heterocycles. The van der Waals surface area contributed by atoms with Crippen molar-refractivity contribution in [3.05, 3.63) is 0 Å². The molecular formula is C8H20BN3. The lowest BCUT2D eigenvalue weighted by Crippen LogP contribution is -2.46. The predicted molar refractivity (Wildman–Crippen MR) is 55.1 cm³/mol. The van der Waals surface area contributed by atoms with Gasteiger partial charge in [0.25, 0.3) is 0 Å². The van der Waals surface area contributed by atoms with Crippen molar-refractivity contribution in [1.29, 1.82) is 0 Å². The van der Waals surface area contributed by atoms with Crippen LogP contribution in [0.2, 0.25) is 0 Å². The summed E-state index contributed by atoms with van der Waals surface area (Å²) >= 11 is 0. The maximum absolute atomic E-state index is 2.54. The van der Waals surface area contributed by atoms with E-state index < -0.39 is 0 Å². The molecule has 1 saturated heterocycles. The fraction of sp³-hybridized carbons (Fsp3) is 1.00. The Morgan fingerprint density at radius 2 is 1.75 bits per heavy atom. The minimum Gasteiger partial charge on any atom is -0.346 e. The van der Waals surface area contributed by atoms with Gasteiger partial charge in [0.1, 0.15) is 0 Å². The normalized spacial score (nSPS) is 21.9. The molecule has 3 nitrogen and oxygen atoms in total. The van der Waals surface area contributed by atoms with E-state index in [1.807, 2.05) is 0 Å². The van der Waals surface area contributed by atoms with E-state index in [0.29, 0.717) is 0 Å². The molecule has 0 N–H and O–H groups in total. The summed E-state index contributed by atoms with van der Waals surface area (Å²) in [6.45, 7) is 7.35. The number of likely N-dealkylation sites (N-methyl/N-ethyl adjacent to an activating group) is 1.